The van der Waals surface area contributed by atoms with E-state index < -0.39 is 10.0 Å². The number of thioether (sulfide) groups is 1. The Labute approximate surface area is 122 Å². The van der Waals surface area contributed by atoms with Gasteiger partial charge in [-0.25, -0.2) is 8.42 Å². The van der Waals surface area contributed by atoms with E-state index in [1.165, 1.54) is 11.3 Å². The van der Waals surface area contributed by atoms with Crippen LogP contribution >= 0.6 is 34.7 Å². The van der Waals surface area contributed by atoms with E-state index in [1.807, 2.05) is 11.8 Å². The summed E-state index contributed by atoms with van der Waals surface area (Å²) in [5, 5.41) is 1.79. The SMILES string of the molecule is CC1(C)CN(S(=O)(=O)c2ccsc2CCl)CCS1. The molecule has 2 heterocycles. The largest absolute Gasteiger partial charge is 0.244 e. The highest BCUT2D eigenvalue weighted by atomic mass is 35.5. The molecule has 0 aliphatic carbocycles. The molecule has 7 heteroatoms. The first kappa shape index (κ1) is 14.7. The molecule has 1 aliphatic rings. The van der Waals surface area contributed by atoms with Gasteiger partial charge in [0.25, 0.3) is 0 Å². The summed E-state index contributed by atoms with van der Waals surface area (Å²) in [6.07, 6.45) is 0. The van der Waals surface area contributed by atoms with Gasteiger partial charge in [-0.1, -0.05) is 0 Å². The fraction of sp³-hybridized carbons (Fsp3) is 0.636. The predicted octanol–water partition coefficient (Wildman–Crippen LogP) is 3.00. The molecule has 1 aromatic rings. The molecule has 0 bridgehead atoms. The van der Waals surface area contributed by atoms with Crippen LogP contribution in [0.4, 0.5) is 0 Å². The van der Waals surface area contributed by atoms with Crippen molar-refractivity contribution in [2.24, 2.45) is 0 Å². The van der Waals surface area contributed by atoms with Crippen molar-refractivity contribution in [3.8, 4) is 0 Å². The topological polar surface area (TPSA) is 37.4 Å². The van der Waals surface area contributed by atoms with Gasteiger partial charge in [-0.2, -0.15) is 16.1 Å². The van der Waals surface area contributed by atoms with Gasteiger partial charge in [-0.05, 0) is 25.3 Å². The van der Waals surface area contributed by atoms with E-state index in [1.54, 1.807) is 15.8 Å². The first-order valence-corrected chi connectivity index (χ1v) is 9.47. The molecule has 1 aromatic heterocycles. The van der Waals surface area contributed by atoms with Crippen molar-refractivity contribution in [3.05, 3.63) is 16.3 Å². The van der Waals surface area contributed by atoms with Crippen molar-refractivity contribution in [1.29, 1.82) is 0 Å². The molecule has 0 atom stereocenters. The molecule has 3 nitrogen and oxygen atoms in total. The van der Waals surface area contributed by atoms with Gasteiger partial charge in [0.2, 0.25) is 10.0 Å². The maximum absolute atomic E-state index is 12.6. The smallest absolute Gasteiger partial charge is 0.207 e. The number of halogens is 1. The minimum atomic E-state index is -3.39. The Balaban J connectivity index is 2.32. The van der Waals surface area contributed by atoms with Crippen LogP contribution in [-0.2, 0) is 15.9 Å². The third-order valence-corrected chi connectivity index (χ3v) is 7.54. The molecular weight excluding hydrogens is 310 g/mol. The van der Waals surface area contributed by atoms with E-state index in [4.69, 9.17) is 11.6 Å². The second kappa shape index (κ2) is 5.32. The van der Waals surface area contributed by atoms with Crippen LogP contribution in [0.25, 0.3) is 0 Å². The van der Waals surface area contributed by atoms with Crippen LogP contribution in [0.3, 0.4) is 0 Å². The van der Waals surface area contributed by atoms with Crippen molar-refractivity contribution in [2.45, 2.75) is 29.4 Å². The monoisotopic (exact) mass is 325 g/mol. The number of hydrogen-bond donors (Lipinski definition) is 0. The Morgan fingerprint density at radius 1 is 1.50 bits per heavy atom. The standard InChI is InChI=1S/C11H16ClNO2S3/c1-11(2)8-13(4-6-17-11)18(14,15)10-3-5-16-9(10)7-12/h3,5H,4,6-8H2,1-2H3. The number of alkyl halides is 1. The molecule has 1 aliphatic heterocycles. The molecule has 102 valence electrons. The van der Waals surface area contributed by atoms with Crippen LogP contribution in [0.1, 0.15) is 18.7 Å². The lowest BCUT2D eigenvalue weighted by Crippen LogP contribution is -2.46. The van der Waals surface area contributed by atoms with Crippen molar-refractivity contribution in [3.63, 3.8) is 0 Å². The van der Waals surface area contributed by atoms with Gasteiger partial charge in [0, 0.05) is 28.5 Å². The third kappa shape index (κ3) is 2.88. The Bertz CT molecular complexity index is 524. The summed E-state index contributed by atoms with van der Waals surface area (Å²) in [5.41, 5.74) is 0. The Morgan fingerprint density at radius 2 is 2.22 bits per heavy atom. The number of thiophene rings is 1. The molecule has 0 unspecified atom stereocenters. The summed E-state index contributed by atoms with van der Waals surface area (Å²) in [4.78, 5) is 1.11. The maximum Gasteiger partial charge on any atom is 0.244 e. The zero-order chi connectivity index (χ0) is 13.4. The van der Waals surface area contributed by atoms with E-state index in [0.29, 0.717) is 18.0 Å². The molecule has 0 spiro atoms. The second-order valence-electron chi connectivity index (χ2n) is 4.79. The molecule has 0 N–H and O–H groups in total. The van der Waals surface area contributed by atoms with Crippen molar-refractivity contribution in [2.75, 3.05) is 18.8 Å². The summed E-state index contributed by atoms with van der Waals surface area (Å²) in [7, 11) is -3.39. The first-order valence-electron chi connectivity index (χ1n) is 5.63. The van der Waals surface area contributed by atoms with Gasteiger partial charge < -0.3 is 0 Å². The molecular formula is C11H16ClNO2S3. The van der Waals surface area contributed by atoms with Crippen LogP contribution < -0.4 is 0 Å². The van der Waals surface area contributed by atoms with Crippen LogP contribution in [0.5, 0.6) is 0 Å². The lowest BCUT2D eigenvalue weighted by Gasteiger charge is -2.36. The molecule has 1 fully saturated rings. The van der Waals surface area contributed by atoms with Gasteiger partial charge in [-0.3, -0.25) is 0 Å². The highest BCUT2D eigenvalue weighted by Gasteiger charge is 2.35. The van der Waals surface area contributed by atoms with E-state index in [-0.39, 0.29) is 10.6 Å². The third-order valence-electron chi connectivity index (χ3n) is 2.83. The van der Waals surface area contributed by atoms with Crippen LogP contribution in [0.2, 0.25) is 0 Å². The fourth-order valence-corrected chi connectivity index (χ4v) is 6.56. The van der Waals surface area contributed by atoms with E-state index in [0.717, 1.165) is 10.6 Å². The Morgan fingerprint density at radius 3 is 2.83 bits per heavy atom. The molecule has 2 rings (SSSR count). The van der Waals surface area contributed by atoms with Crippen LogP contribution in [0.15, 0.2) is 16.3 Å². The van der Waals surface area contributed by atoms with Gasteiger partial charge in [0.1, 0.15) is 0 Å². The number of nitrogens with zero attached hydrogens (tertiary/aromatic N) is 1. The molecule has 18 heavy (non-hydrogen) atoms. The molecule has 0 saturated carbocycles. The number of hydrogen-bond acceptors (Lipinski definition) is 4. The van der Waals surface area contributed by atoms with Gasteiger partial charge >= 0.3 is 0 Å². The van der Waals surface area contributed by atoms with E-state index >= 15 is 0 Å². The predicted molar refractivity (Wildman–Crippen MR) is 79.2 cm³/mol. The molecule has 1 saturated heterocycles. The lowest BCUT2D eigenvalue weighted by molar-refractivity contribution is 0.387. The average Bonchev–Trinajstić information content (AvgIpc) is 2.76. The van der Waals surface area contributed by atoms with Crippen molar-refractivity contribution >= 4 is 44.7 Å². The number of sulfonamides is 1. The average molecular weight is 326 g/mol. The van der Waals surface area contributed by atoms with Gasteiger partial charge in [0.05, 0.1) is 10.8 Å². The molecule has 0 amide bonds. The van der Waals surface area contributed by atoms with Crippen LogP contribution in [0, 0.1) is 0 Å². The summed E-state index contributed by atoms with van der Waals surface area (Å²) in [5.74, 6) is 1.09. The first-order chi connectivity index (χ1) is 8.37. The van der Waals surface area contributed by atoms with E-state index in [9.17, 15) is 8.42 Å². The highest BCUT2D eigenvalue weighted by Crippen LogP contribution is 2.34. The zero-order valence-electron chi connectivity index (χ0n) is 10.3. The minimum absolute atomic E-state index is 0.0253. The van der Waals surface area contributed by atoms with Crippen molar-refractivity contribution < 1.29 is 8.42 Å². The summed E-state index contributed by atoms with van der Waals surface area (Å²) in [6.45, 7) is 5.29. The zero-order valence-corrected chi connectivity index (χ0v) is 13.6. The Kier molecular flexibility index (Phi) is 4.33. The number of rotatable bonds is 3. The van der Waals surface area contributed by atoms with Crippen LogP contribution in [-0.4, -0.2) is 36.3 Å². The molecule has 0 radical (unpaired) electrons. The second-order valence-corrected chi connectivity index (χ2v) is 9.76. The summed E-state index contributed by atoms with van der Waals surface area (Å²) >= 11 is 9.01. The quantitative estimate of drug-likeness (QED) is 0.802. The van der Waals surface area contributed by atoms with E-state index in [2.05, 4.69) is 13.8 Å². The minimum Gasteiger partial charge on any atom is -0.207 e. The summed E-state index contributed by atoms with van der Waals surface area (Å²) < 4.78 is 26.7. The maximum atomic E-state index is 12.6. The van der Waals surface area contributed by atoms with Gasteiger partial charge in [-0.15, -0.1) is 22.9 Å². The summed E-state index contributed by atoms with van der Waals surface area (Å²) in [6, 6.07) is 1.66. The van der Waals surface area contributed by atoms with Crippen molar-refractivity contribution in [1.82, 2.24) is 4.31 Å². The molecule has 0 aromatic carbocycles. The van der Waals surface area contributed by atoms with Gasteiger partial charge in [0.15, 0.2) is 0 Å². The fourth-order valence-electron chi connectivity index (χ4n) is 1.97. The highest BCUT2D eigenvalue weighted by molar-refractivity contribution is 8.00. The lowest BCUT2D eigenvalue weighted by atomic mass is 10.2. The normalized spacial score (nSPS) is 21.1. The Hall–Kier alpha value is 0.250.